The van der Waals surface area contributed by atoms with Gasteiger partial charge in [-0.2, -0.15) is 0 Å². The van der Waals surface area contributed by atoms with Crippen LogP contribution in [0.3, 0.4) is 0 Å². The lowest BCUT2D eigenvalue weighted by atomic mass is 10.2. The maximum Gasteiger partial charge on any atom is 0.227 e. The van der Waals surface area contributed by atoms with Gasteiger partial charge in [0.15, 0.2) is 0 Å². The molecular weight excluding hydrogens is 326 g/mol. The molecular formula is C17H22ClN5O. The maximum atomic E-state index is 8.14. The molecule has 0 fully saturated rings. The molecule has 0 aromatic heterocycles. The first-order valence-electron chi connectivity index (χ1n) is 7.53. The Morgan fingerprint density at radius 1 is 1.08 bits per heavy atom. The molecule has 24 heavy (non-hydrogen) atoms. The smallest absolute Gasteiger partial charge is 0.227 e. The largest absolute Gasteiger partial charge is 0.491 e. The number of nitrogens with zero attached hydrogens (tertiary/aromatic N) is 2. The summed E-state index contributed by atoms with van der Waals surface area (Å²) in [6.07, 6.45) is 0.0991. The van der Waals surface area contributed by atoms with E-state index in [9.17, 15) is 0 Å². The van der Waals surface area contributed by atoms with E-state index < -0.39 is 0 Å². The zero-order chi connectivity index (χ0) is 17.7. The SMILES string of the molecule is CC(C)Oc1ccc(N(N)C(=N)N(N)Cc2ccc(Cl)cc2)cc1. The molecule has 0 heterocycles. The number of guanidine groups is 1. The van der Waals surface area contributed by atoms with Gasteiger partial charge in [-0.15, -0.1) is 0 Å². The maximum absolute atomic E-state index is 8.14. The Bertz CT molecular complexity index is 672. The summed E-state index contributed by atoms with van der Waals surface area (Å²) in [4.78, 5) is 0. The molecule has 2 aromatic rings. The van der Waals surface area contributed by atoms with Crippen molar-refractivity contribution < 1.29 is 4.74 Å². The third kappa shape index (κ3) is 4.86. The van der Waals surface area contributed by atoms with Gasteiger partial charge in [0.25, 0.3) is 0 Å². The van der Waals surface area contributed by atoms with E-state index in [0.717, 1.165) is 11.3 Å². The van der Waals surface area contributed by atoms with E-state index >= 15 is 0 Å². The van der Waals surface area contributed by atoms with Gasteiger partial charge in [0.2, 0.25) is 5.96 Å². The van der Waals surface area contributed by atoms with Gasteiger partial charge >= 0.3 is 0 Å². The average Bonchev–Trinajstić information content (AvgIpc) is 2.55. The standard InChI is InChI=1S/C17H22ClN5O/c1-12(2)24-16-9-7-15(8-10-16)23(21)17(19)22(20)11-13-3-5-14(18)6-4-13/h3-10,12,19H,11,20-21H2,1-2H3. The van der Waals surface area contributed by atoms with E-state index in [2.05, 4.69) is 0 Å². The highest BCUT2D eigenvalue weighted by Gasteiger charge is 2.14. The summed E-state index contributed by atoms with van der Waals surface area (Å²) < 4.78 is 5.59. The van der Waals surface area contributed by atoms with Crippen LogP contribution in [0.2, 0.25) is 5.02 Å². The van der Waals surface area contributed by atoms with Crippen LogP contribution in [-0.4, -0.2) is 17.1 Å². The van der Waals surface area contributed by atoms with Crippen molar-refractivity contribution >= 4 is 23.2 Å². The summed E-state index contributed by atoms with van der Waals surface area (Å²) in [6, 6.07) is 14.4. The third-order valence-electron chi connectivity index (χ3n) is 3.25. The fourth-order valence-electron chi connectivity index (χ4n) is 2.08. The van der Waals surface area contributed by atoms with Crippen LogP contribution in [0, 0.1) is 5.41 Å². The molecule has 128 valence electrons. The van der Waals surface area contributed by atoms with Crippen LogP contribution in [0.15, 0.2) is 48.5 Å². The van der Waals surface area contributed by atoms with Gasteiger partial charge in [-0.3, -0.25) is 10.4 Å². The molecule has 0 amide bonds. The van der Waals surface area contributed by atoms with Gasteiger partial charge in [-0.05, 0) is 55.8 Å². The van der Waals surface area contributed by atoms with Crippen molar-refractivity contribution in [1.29, 1.82) is 5.41 Å². The summed E-state index contributed by atoms with van der Waals surface area (Å²) in [5, 5.41) is 11.3. The van der Waals surface area contributed by atoms with Gasteiger partial charge in [0, 0.05) is 5.02 Å². The summed E-state index contributed by atoms with van der Waals surface area (Å²) in [7, 11) is 0. The highest BCUT2D eigenvalue weighted by molar-refractivity contribution is 6.30. The van der Waals surface area contributed by atoms with Gasteiger partial charge in [0.05, 0.1) is 18.3 Å². The summed E-state index contributed by atoms with van der Waals surface area (Å²) >= 11 is 5.86. The zero-order valence-electron chi connectivity index (χ0n) is 13.7. The second kappa shape index (κ2) is 8.01. The lowest BCUT2D eigenvalue weighted by molar-refractivity contribution is 0.242. The van der Waals surface area contributed by atoms with Crippen molar-refractivity contribution in [3.63, 3.8) is 0 Å². The van der Waals surface area contributed by atoms with E-state index in [1.165, 1.54) is 10.0 Å². The van der Waals surface area contributed by atoms with Crippen LogP contribution < -0.4 is 21.4 Å². The van der Waals surface area contributed by atoms with Crippen LogP contribution >= 0.6 is 11.6 Å². The third-order valence-corrected chi connectivity index (χ3v) is 3.51. The Balaban J connectivity index is 2.01. The van der Waals surface area contributed by atoms with Crippen molar-refractivity contribution in [2.24, 2.45) is 11.7 Å². The number of nitrogens with two attached hydrogens (primary N) is 2. The minimum Gasteiger partial charge on any atom is -0.491 e. The fourth-order valence-corrected chi connectivity index (χ4v) is 2.21. The molecule has 0 saturated carbocycles. The van der Waals surface area contributed by atoms with E-state index in [4.69, 9.17) is 33.4 Å². The summed E-state index contributed by atoms with van der Waals surface area (Å²) in [6.45, 7) is 4.27. The normalized spacial score (nSPS) is 10.6. The second-order valence-electron chi connectivity index (χ2n) is 5.61. The topological polar surface area (TPSA) is 91.6 Å². The van der Waals surface area contributed by atoms with E-state index in [0.29, 0.717) is 17.3 Å². The van der Waals surface area contributed by atoms with Gasteiger partial charge < -0.3 is 4.74 Å². The molecule has 0 unspecified atom stereocenters. The van der Waals surface area contributed by atoms with Crippen LogP contribution in [0.1, 0.15) is 19.4 Å². The van der Waals surface area contributed by atoms with E-state index in [-0.39, 0.29) is 12.1 Å². The molecule has 7 heteroatoms. The molecule has 0 bridgehead atoms. The lowest BCUT2D eigenvalue weighted by Gasteiger charge is -2.27. The molecule has 0 spiro atoms. The Labute approximate surface area is 147 Å². The number of benzene rings is 2. The Kier molecular flexibility index (Phi) is 6.03. The average molecular weight is 348 g/mol. The molecule has 0 aliphatic heterocycles. The number of hydrogen-bond donors (Lipinski definition) is 3. The fraction of sp³-hybridized carbons (Fsp3) is 0.235. The van der Waals surface area contributed by atoms with Crippen LogP contribution in [0.5, 0.6) is 5.75 Å². The highest BCUT2D eigenvalue weighted by atomic mass is 35.5. The van der Waals surface area contributed by atoms with Crippen molar-refractivity contribution in [2.45, 2.75) is 26.5 Å². The lowest BCUT2D eigenvalue weighted by Crippen LogP contribution is -2.50. The van der Waals surface area contributed by atoms with Crippen LogP contribution in [-0.2, 0) is 6.54 Å². The number of hydrazine groups is 2. The molecule has 2 aromatic carbocycles. The van der Waals surface area contributed by atoms with Gasteiger partial charge in [-0.25, -0.2) is 16.7 Å². The number of rotatable bonds is 5. The quantitative estimate of drug-likeness (QED) is 0.334. The molecule has 0 radical (unpaired) electrons. The van der Waals surface area contributed by atoms with Crippen molar-refractivity contribution in [2.75, 3.05) is 5.01 Å². The van der Waals surface area contributed by atoms with Crippen molar-refractivity contribution in [3.05, 3.63) is 59.1 Å². The molecule has 0 saturated heterocycles. The first-order chi connectivity index (χ1) is 11.4. The summed E-state index contributed by atoms with van der Waals surface area (Å²) in [5.41, 5.74) is 1.57. The Hall–Kier alpha value is -2.28. The molecule has 2 rings (SSSR count). The number of nitrogens with one attached hydrogen (secondary N) is 1. The zero-order valence-corrected chi connectivity index (χ0v) is 14.5. The number of anilines is 1. The number of halogens is 1. The predicted octanol–water partition coefficient (Wildman–Crippen LogP) is 3.12. The number of hydrogen-bond acceptors (Lipinski definition) is 4. The first kappa shape index (κ1) is 18.1. The first-order valence-corrected chi connectivity index (χ1v) is 7.91. The highest BCUT2D eigenvalue weighted by Crippen LogP contribution is 2.19. The minimum absolute atomic E-state index is 0.0255. The second-order valence-corrected chi connectivity index (χ2v) is 6.04. The van der Waals surface area contributed by atoms with E-state index in [1.54, 1.807) is 24.3 Å². The molecule has 0 atom stereocenters. The van der Waals surface area contributed by atoms with Crippen LogP contribution in [0.4, 0.5) is 5.69 Å². The van der Waals surface area contributed by atoms with Crippen molar-refractivity contribution in [3.8, 4) is 5.75 Å². The monoisotopic (exact) mass is 347 g/mol. The molecule has 0 aliphatic carbocycles. The van der Waals surface area contributed by atoms with Crippen LogP contribution in [0.25, 0.3) is 0 Å². The van der Waals surface area contributed by atoms with Crippen molar-refractivity contribution in [1.82, 2.24) is 5.01 Å². The molecule has 5 N–H and O–H groups in total. The Morgan fingerprint density at radius 3 is 2.21 bits per heavy atom. The minimum atomic E-state index is -0.0255. The summed E-state index contributed by atoms with van der Waals surface area (Å²) in [5.74, 6) is 12.7. The predicted molar refractivity (Wildman–Crippen MR) is 97.8 cm³/mol. The van der Waals surface area contributed by atoms with Gasteiger partial charge in [-0.1, -0.05) is 23.7 Å². The molecule has 6 nitrogen and oxygen atoms in total. The number of ether oxygens (including phenoxy) is 1. The molecule has 0 aliphatic rings. The van der Waals surface area contributed by atoms with E-state index in [1.807, 2.05) is 38.1 Å². The Morgan fingerprint density at radius 2 is 1.67 bits per heavy atom. The van der Waals surface area contributed by atoms with Gasteiger partial charge in [0.1, 0.15) is 5.75 Å².